The zero-order chi connectivity index (χ0) is 25.6. The number of carbonyl (C=O) groups excluding carboxylic acids is 1. The van der Waals surface area contributed by atoms with Gasteiger partial charge in [-0.3, -0.25) is 14.5 Å². The number of pyridine rings is 2. The zero-order valence-corrected chi connectivity index (χ0v) is 19.1. The number of fused-ring (bicyclic) bond motifs is 3. The van der Waals surface area contributed by atoms with Gasteiger partial charge in [0.25, 0.3) is 11.5 Å². The molecule has 176 valence electrons. The molecule has 1 aliphatic heterocycles. The van der Waals surface area contributed by atoms with Crippen molar-refractivity contribution >= 4 is 57.0 Å². The van der Waals surface area contributed by atoms with E-state index in [4.69, 9.17) is 28.0 Å². The van der Waals surface area contributed by atoms with Crippen molar-refractivity contribution in [2.75, 3.05) is 31.1 Å². The molecule has 1 saturated heterocycles. The predicted octanol–water partition coefficient (Wildman–Crippen LogP) is 1.12. The summed E-state index contributed by atoms with van der Waals surface area (Å²) in [6.45, 7) is 2.29. The summed E-state index contributed by atoms with van der Waals surface area (Å²) < 4.78 is 35.3. The van der Waals surface area contributed by atoms with Crippen molar-refractivity contribution in [1.82, 2.24) is 20.2 Å². The van der Waals surface area contributed by atoms with Crippen LogP contribution in [-0.4, -0.2) is 75.7 Å². The van der Waals surface area contributed by atoms with Gasteiger partial charge in [-0.05, 0) is 24.3 Å². The van der Waals surface area contributed by atoms with Crippen LogP contribution in [0.4, 0.5) is 14.5 Å². The largest absolute Gasteiger partial charge is 0.463 e. The number of rotatable bonds is 5. The van der Waals surface area contributed by atoms with Crippen molar-refractivity contribution in [3.05, 3.63) is 70.0 Å². The Labute approximate surface area is 208 Å². The number of anilines is 1. The second kappa shape index (κ2) is 9.13. The second-order valence-electron chi connectivity index (χ2n) is 8.74. The number of halogens is 2. The summed E-state index contributed by atoms with van der Waals surface area (Å²) in [6, 6.07) is 7.76. The van der Waals surface area contributed by atoms with Crippen LogP contribution in [-0.2, 0) is 6.54 Å². The van der Waals surface area contributed by atoms with E-state index in [9.17, 15) is 14.0 Å². The van der Waals surface area contributed by atoms with Crippen LogP contribution >= 0.6 is 0 Å². The first kappa shape index (κ1) is 24.1. The lowest BCUT2D eigenvalue weighted by Crippen LogP contribution is -2.50. The van der Waals surface area contributed by atoms with Gasteiger partial charge < -0.3 is 19.6 Å². The Balaban J connectivity index is 1.27. The van der Waals surface area contributed by atoms with Gasteiger partial charge in [-0.15, -0.1) is 0 Å². The molecule has 5 rings (SSSR count). The number of nitrogens with zero attached hydrogens (tertiary/aromatic N) is 3. The highest BCUT2D eigenvalue weighted by Crippen LogP contribution is 2.27. The van der Waals surface area contributed by atoms with Gasteiger partial charge >= 0.3 is 0 Å². The molecule has 0 saturated carbocycles. The number of nitrogens with one attached hydrogen (secondary N) is 2. The van der Waals surface area contributed by atoms with Crippen LogP contribution in [0.2, 0.25) is 0 Å². The van der Waals surface area contributed by atoms with Crippen LogP contribution < -0.4 is 15.8 Å². The normalized spacial score (nSPS) is 15.0. The van der Waals surface area contributed by atoms with E-state index in [2.05, 4.69) is 15.3 Å². The van der Waals surface area contributed by atoms with Crippen LogP contribution in [0, 0.1) is 11.8 Å². The van der Waals surface area contributed by atoms with E-state index in [1.807, 2.05) is 4.90 Å². The fraction of sp³-hybridized carbons (Fsp3) is 0.261. The molecule has 1 aliphatic rings. The summed E-state index contributed by atoms with van der Waals surface area (Å²) in [4.78, 5) is 34.4. The van der Waals surface area contributed by atoms with Crippen molar-refractivity contribution in [3.8, 4) is 0 Å². The van der Waals surface area contributed by atoms with E-state index in [-0.39, 0.29) is 16.9 Å². The highest BCUT2D eigenvalue weighted by molar-refractivity contribution is 6.60. The molecule has 36 heavy (non-hydrogen) atoms. The molecule has 0 aliphatic carbocycles. The number of amides is 1. The lowest BCUT2D eigenvalue weighted by molar-refractivity contribution is 0.0946. The van der Waals surface area contributed by atoms with E-state index >= 15 is 4.39 Å². The van der Waals surface area contributed by atoms with Gasteiger partial charge in [0.05, 0.1) is 46.4 Å². The maximum Gasteiger partial charge on any atom is 0.268 e. The molecule has 8 nitrogen and oxygen atoms in total. The molecule has 1 fully saturated rings. The van der Waals surface area contributed by atoms with E-state index in [1.165, 1.54) is 18.4 Å². The van der Waals surface area contributed by atoms with E-state index in [0.717, 1.165) is 0 Å². The Morgan fingerprint density at radius 1 is 1.08 bits per heavy atom. The van der Waals surface area contributed by atoms with Crippen molar-refractivity contribution in [1.29, 1.82) is 0 Å². The number of hydrogen-bond donors (Lipinski definition) is 2. The number of H-pyrrole nitrogens is 1. The maximum absolute atomic E-state index is 15.3. The van der Waals surface area contributed by atoms with Crippen LogP contribution in [0.3, 0.4) is 0 Å². The molecule has 1 aromatic carbocycles. The van der Waals surface area contributed by atoms with Gasteiger partial charge in [0.15, 0.2) is 5.82 Å². The monoisotopic (exact) mass is 483 g/mol. The standard InChI is InChI=1S/C23H18B3F2N5O3/c24-23(25,26)31-22(35)15-3-4-16(20(28)29-15)33-8-6-32(7-9-33)11-12-1-2-13-18(17(12)27)30-21(34)14-5-10-36-19(13)14/h1-5,10H,6-9,11H2,(H,30,34)(H,31,35). The molecule has 4 heterocycles. The Morgan fingerprint density at radius 3 is 2.53 bits per heavy atom. The Kier molecular flexibility index (Phi) is 6.11. The third-order valence-corrected chi connectivity index (χ3v) is 6.11. The van der Waals surface area contributed by atoms with Crippen LogP contribution in [0.15, 0.2) is 45.8 Å². The van der Waals surface area contributed by atoms with Crippen molar-refractivity contribution in [2.45, 2.75) is 11.8 Å². The van der Waals surface area contributed by atoms with Gasteiger partial charge in [-0.1, -0.05) is 11.3 Å². The van der Waals surface area contributed by atoms with Gasteiger partial charge in [-0.25, -0.2) is 9.37 Å². The minimum absolute atomic E-state index is 0.104. The number of furan rings is 1. The molecule has 2 N–H and O–H groups in total. The molecule has 4 aromatic rings. The molecule has 1 amide bonds. The highest BCUT2D eigenvalue weighted by Gasteiger charge is 2.24. The summed E-state index contributed by atoms with van der Waals surface area (Å²) in [7, 11) is 16.0. The first-order valence-electron chi connectivity index (χ1n) is 11.1. The fourth-order valence-corrected chi connectivity index (χ4v) is 4.37. The summed E-state index contributed by atoms with van der Waals surface area (Å²) in [5.74, 6) is -2.13. The molecule has 13 heteroatoms. The topological polar surface area (TPSA) is 94.5 Å². The van der Waals surface area contributed by atoms with E-state index in [1.54, 1.807) is 23.1 Å². The Bertz CT molecular complexity index is 1530. The quantitative estimate of drug-likeness (QED) is 0.327. The summed E-state index contributed by atoms with van der Waals surface area (Å²) in [5.41, 5.74) is 0.493. The summed E-state index contributed by atoms with van der Waals surface area (Å²) in [5, 5.41) is 1.02. The Morgan fingerprint density at radius 2 is 1.83 bits per heavy atom. The van der Waals surface area contributed by atoms with Crippen LogP contribution in [0.25, 0.3) is 21.9 Å². The van der Waals surface area contributed by atoms with E-state index < -0.39 is 28.5 Å². The number of aromatic nitrogens is 2. The summed E-state index contributed by atoms with van der Waals surface area (Å²) in [6.07, 6.45) is 1.40. The molecular formula is C23H18B3F2N5O3. The molecule has 0 spiro atoms. The summed E-state index contributed by atoms with van der Waals surface area (Å²) >= 11 is 0. The van der Waals surface area contributed by atoms with Gasteiger partial charge in [0.1, 0.15) is 11.3 Å². The average Bonchev–Trinajstić information content (AvgIpc) is 3.32. The van der Waals surface area contributed by atoms with Crippen molar-refractivity contribution in [3.63, 3.8) is 0 Å². The third-order valence-electron chi connectivity index (χ3n) is 6.11. The smallest absolute Gasteiger partial charge is 0.268 e. The van der Waals surface area contributed by atoms with Gasteiger partial charge in [-0.2, -0.15) is 4.39 Å². The average molecular weight is 483 g/mol. The second-order valence-corrected chi connectivity index (χ2v) is 8.74. The maximum atomic E-state index is 15.3. The minimum atomic E-state index is -1.95. The lowest BCUT2D eigenvalue weighted by atomic mass is 9.49. The first-order valence-corrected chi connectivity index (χ1v) is 11.1. The van der Waals surface area contributed by atoms with Gasteiger partial charge in [0.2, 0.25) is 5.95 Å². The minimum Gasteiger partial charge on any atom is -0.463 e. The number of piperazine rings is 1. The molecule has 3 aromatic heterocycles. The SMILES string of the molecule is [B]C([B])([B])NC(=O)c1ccc(N2CCN(Cc3ccc4c([nH]c(=O)c5ccoc54)c3F)CC2)c(F)n1. The molecular weight excluding hydrogens is 465 g/mol. The lowest BCUT2D eigenvalue weighted by Gasteiger charge is -2.36. The number of benzene rings is 1. The van der Waals surface area contributed by atoms with Crippen LogP contribution in [0.5, 0.6) is 0 Å². The molecule has 0 unspecified atom stereocenters. The number of aromatic amines is 1. The van der Waals surface area contributed by atoms with Crippen molar-refractivity contribution < 1.29 is 18.0 Å². The predicted molar refractivity (Wildman–Crippen MR) is 133 cm³/mol. The van der Waals surface area contributed by atoms with Crippen LogP contribution in [0.1, 0.15) is 16.1 Å². The Hall–Kier alpha value is -3.60. The van der Waals surface area contributed by atoms with Crippen molar-refractivity contribution in [2.24, 2.45) is 0 Å². The molecule has 0 atom stereocenters. The number of carbonyl (C=O) groups is 1. The zero-order valence-electron chi connectivity index (χ0n) is 19.1. The number of hydrogen-bond acceptors (Lipinski definition) is 6. The van der Waals surface area contributed by atoms with Gasteiger partial charge in [0, 0.05) is 43.7 Å². The molecule has 0 bridgehead atoms. The third kappa shape index (κ3) is 4.62. The highest BCUT2D eigenvalue weighted by atomic mass is 19.1. The molecule has 6 radical (unpaired) electrons. The fourth-order valence-electron chi connectivity index (χ4n) is 4.37. The van der Waals surface area contributed by atoms with E-state index in [0.29, 0.717) is 54.6 Å². The first-order chi connectivity index (χ1) is 17.1.